The van der Waals surface area contributed by atoms with E-state index in [1.807, 2.05) is 12.1 Å². The summed E-state index contributed by atoms with van der Waals surface area (Å²) in [6, 6.07) is 13.5. The predicted octanol–water partition coefficient (Wildman–Crippen LogP) is 2.74. The minimum Gasteiger partial charge on any atom is -0.508 e. The van der Waals surface area contributed by atoms with Gasteiger partial charge in [-0.25, -0.2) is 0 Å². The van der Waals surface area contributed by atoms with Gasteiger partial charge in [0.05, 0.1) is 14.2 Å². The van der Waals surface area contributed by atoms with Gasteiger partial charge in [0.2, 0.25) is 0 Å². The minimum absolute atomic E-state index is 0.130. The Bertz CT molecular complexity index is 621. The summed E-state index contributed by atoms with van der Waals surface area (Å²) in [7, 11) is 2.91. The number of carbonyl (C=O) groups is 1. The van der Waals surface area contributed by atoms with Crippen LogP contribution in [0.5, 0.6) is 17.2 Å². The molecule has 0 heterocycles. The summed E-state index contributed by atoms with van der Waals surface area (Å²) in [5.41, 5.74) is 0.715. The molecular weight excluding hydrogens is 284 g/mol. The van der Waals surface area contributed by atoms with E-state index in [9.17, 15) is 9.90 Å². The number of hydrogen-bond donors (Lipinski definition) is 1. The van der Waals surface area contributed by atoms with E-state index in [1.165, 1.54) is 19.2 Å². The molecule has 2 rings (SSSR count). The average molecular weight is 302 g/mol. The Morgan fingerprint density at radius 2 is 1.77 bits per heavy atom. The van der Waals surface area contributed by atoms with Gasteiger partial charge in [0, 0.05) is 6.07 Å². The van der Waals surface area contributed by atoms with Crippen LogP contribution in [0.25, 0.3) is 0 Å². The Kier molecular flexibility index (Phi) is 5.25. The molecule has 116 valence electrons. The highest BCUT2D eigenvalue weighted by atomic mass is 16.5. The van der Waals surface area contributed by atoms with Crippen molar-refractivity contribution in [1.82, 2.24) is 0 Å². The number of phenols is 1. The molecule has 0 saturated carbocycles. The van der Waals surface area contributed by atoms with Crippen LogP contribution in [0.2, 0.25) is 0 Å². The van der Waals surface area contributed by atoms with Crippen molar-refractivity contribution in [2.45, 2.75) is 5.92 Å². The van der Waals surface area contributed by atoms with Crippen LogP contribution in [-0.4, -0.2) is 31.9 Å². The van der Waals surface area contributed by atoms with Crippen molar-refractivity contribution < 1.29 is 24.1 Å². The highest BCUT2D eigenvalue weighted by molar-refractivity contribution is 5.78. The molecule has 0 saturated heterocycles. The lowest BCUT2D eigenvalue weighted by Gasteiger charge is -2.16. The Hall–Kier alpha value is -2.69. The first-order chi connectivity index (χ1) is 10.6. The third-order valence-corrected chi connectivity index (χ3v) is 3.24. The lowest BCUT2D eigenvalue weighted by molar-refractivity contribution is -0.143. The highest BCUT2D eigenvalue weighted by Crippen LogP contribution is 2.24. The topological polar surface area (TPSA) is 65.0 Å². The fourth-order valence-electron chi connectivity index (χ4n) is 2.02. The minimum atomic E-state index is -0.572. The zero-order chi connectivity index (χ0) is 15.9. The van der Waals surface area contributed by atoms with Crippen LogP contribution in [0.1, 0.15) is 11.5 Å². The number of esters is 1. The second-order valence-electron chi connectivity index (χ2n) is 4.66. The molecule has 0 amide bonds. The van der Waals surface area contributed by atoms with Gasteiger partial charge in [-0.2, -0.15) is 0 Å². The van der Waals surface area contributed by atoms with Gasteiger partial charge in [-0.1, -0.05) is 18.2 Å². The summed E-state index contributed by atoms with van der Waals surface area (Å²) in [6.45, 7) is 0.130. The second kappa shape index (κ2) is 7.36. The molecule has 5 heteroatoms. The fraction of sp³-hybridized carbons (Fsp3) is 0.235. The van der Waals surface area contributed by atoms with Crippen molar-refractivity contribution in [2.24, 2.45) is 0 Å². The summed E-state index contributed by atoms with van der Waals surface area (Å²) in [5, 5.41) is 9.34. The van der Waals surface area contributed by atoms with Gasteiger partial charge in [-0.15, -0.1) is 0 Å². The lowest BCUT2D eigenvalue weighted by atomic mass is 10.00. The Labute approximate surface area is 129 Å². The molecular formula is C17H18O5. The number of phenolic OH excluding ortho intramolecular Hbond substituents is 1. The average Bonchev–Trinajstić information content (AvgIpc) is 2.56. The van der Waals surface area contributed by atoms with E-state index in [0.29, 0.717) is 17.1 Å². The second-order valence-corrected chi connectivity index (χ2v) is 4.66. The quantitative estimate of drug-likeness (QED) is 0.831. The van der Waals surface area contributed by atoms with Crippen LogP contribution >= 0.6 is 0 Å². The maximum Gasteiger partial charge on any atom is 0.316 e. The SMILES string of the molecule is COC(=O)C(COc1cccc(OC)c1)c1ccc(O)cc1. The van der Waals surface area contributed by atoms with Gasteiger partial charge in [0.1, 0.15) is 29.8 Å². The summed E-state index contributed by atoms with van der Waals surface area (Å²) < 4.78 is 15.6. The smallest absolute Gasteiger partial charge is 0.316 e. The molecule has 0 bridgehead atoms. The van der Waals surface area contributed by atoms with Crippen LogP contribution in [0.4, 0.5) is 0 Å². The molecule has 0 aliphatic carbocycles. The monoisotopic (exact) mass is 302 g/mol. The third kappa shape index (κ3) is 3.91. The van der Waals surface area contributed by atoms with Crippen LogP contribution in [0.15, 0.2) is 48.5 Å². The highest BCUT2D eigenvalue weighted by Gasteiger charge is 2.22. The molecule has 2 aromatic carbocycles. The van der Waals surface area contributed by atoms with E-state index in [2.05, 4.69) is 0 Å². The van der Waals surface area contributed by atoms with Gasteiger partial charge in [0.15, 0.2) is 0 Å². The Balaban J connectivity index is 2.13. The van der Waals surface area contributed by atoms with Crippen LogP contribution in [-0.2, 0) is 9.53 Å². The zero-order valence-electron chi connectivity index (χ0n) is 12.5. The lowest BCUT2D eigenvalue weighted by Crippen LogP contribution is -2.21. The predicted molar refractivity (Wildman–Crippen MR) is 81.4 cm³/mol. The molecule has 1 N–H and O–H groups in total. The van der Waals surface area contributed by atoms with Gasteiger partial charge >= 0.3 is 5.97 Å². The molecule has 0 aliphatic heterocycles. The molecule has 0 spiro atoms. The first-order valence-corrected chi connectivity index (χ1v) is 6.77. The van der Waals surface area contributed by atoms with Gasteiger partial charge in [-0.3, -0.25) is 4.79 Å². The fourth-order valence-corrected chi connectivity index (χ4v) is 2.02. The number of carbonyl (C=O) groups excluding carboxylic acids is 1. The van der Waals surface area contributed by atoms with Gasteiger partial charge < -0.3 is 19.3 Å². The maximum absolute atomic E-state index is 12.0. The van der Waals surface area contributed by atoms with Crippen molar-refractivity contribution in [3.8, 4) is 17.2 Å². The molecule has 0 radical (unpaired) electrons. The van der Waals surface area contributed by atoms with Crippen LogP contribution < -0.4 is 9.47 Å². The van der Waals surface area contributed by atoms with E-state index in [4.69, 9.17) is 14.2 Å². The molecule has 1 atom stereocenters. The van der Waals surface area contributed by atoms with E-state index in [-0.39, 0.29) is 12.4 Å². The molecule has 1 unspecified atom stereocenters. The first kappa shape index (κ1) is 15.7. The standard InChI is InChI=1S/C17H18O5/c1-20-14-4-3-5-15(10-14)22-11-16(17(19)21-2)12-6-8-13(18)9-7-12/h3-10,16,18H,11H2,1-2H3. The molecule has 0 aromatic heterocycles. The largest absolute Gasteiger partial charge is 0.508 e. The zero-order valence-corrected chi connectivity index (χ0v) is 12.5. The van der Waals surface area contributed by atoms with Crippen LogP contribution in [0, 0.1) is 0 Å². The van der Waals surface area contributed by atoms with Crippen molar-refractivity contribution in [3.05, 3.63) is 54.1 Å². The molecule has 0 fully saturated rings. The summed E-state index contributed by atoms with van der Waals surface area (Å²) in [4.78, 5) is 12.0. The number of benzene rings is 2. The van der Waals surface area contributed by atoms with Crippen molar-refractivity contribution >= 4 is 5.97 Å². The van der Waals surface area contributed by atoms with E-state index < -0.39 is 11.9 Å². The molecule has 22 heavy (non-hydrogen) atoms. The van der Waals surface area contributed by atoms with Crippen molar-refractivity contribution in [2.75, 3.05) is 20.8 Å². The van der Waals surface area contributed by atoms with E-state index in [1.54, 1.807) is 31.4 Å². The number of rotatable bonds is 6. The summed E-state index contributed by atoms with van der Waals surface area (Å²) in [5.74, 6) is 0.454. The van der Waals surface area contributed by atoms with Gasteiger partial charge in [-0.05, 0) is 29.8 Å². The summed E-state index contributed by atoms with van der Waals surface area (Å²) in [6.07, 6.45) is 0. The molecule has 5 nitrogen and oxygen atoms in total. The van der Waals surface area contributed by atoms with Gasteiger partial charge in [0.25, 0.3) is 0 Å². The van der Waals surface area contributed by atoms with Crippen molar-refractivity contribution in [1.29, 1.82) is 0 Å². The molecule has 0 aliphatic rings. The summed E-state index contributed by atoms with van der Waals surface area (Å²) >= 11 is 0. The van der Waals surface area contributed by atoms with E-state index >= 15 is 0 Å². The number of methoxy groups -OCH3 is 2. The number of hydrogen-bond acceptors (Lipinski definition) is 5. The normalized spacial score (nSPS) is 11.5. The van der Waals surface area contributed by atoms with E-state index in [0.717, 1.165) is 0 Å². The van der Waals surface area contributed by atoms with Crippen LogP contribution in [0.3, 0.4) is 0 Å². The van der Waals surface area contributed by atoms with Crippen molar-refractivity contribution in [3.63, 3.8) is 0 Å². The Morgan fingerprint density at radius 1 is 1.09 bits per heavy atom. The third-order valence-electron chi connectivity index (χ3n) is 3.24. The number of ether oxygens (including phenoxy) is 3. The number of aromatic hydroxyl groups is 1. The first-order valence-electron chi connectivity index (χ1n) is 6.77. The Morgan fingerprint density at radius 3 is 2.41 bits per heavy atom. The maximum atomic E-state index is 12.0. The molecule has 2 aromatic rings.